The smallest absolute Gasteiger partial charge is 0.409 e. The van der Waals surface area contributed by atoms with Crippen molar-refractivity contribution in [1.29, 1.82) is 0 Å². The van der Waals surface area contributed by atoms with Crippen molar-refractivity contribution in [2.75, 3.05) is 25.0 Å². The summed E-state index contributed by atoms with van der Waals surface area (Å²) in [6.07, 6.45) is 2.18. The Hall–Kier alpha value is -2.38. The minimum atomic E-state index is -0.917. The Balaban J connectivity index is 1.65. The molecule has 6 nitrogen and oxygen atoms in total. The highest BCUT2D eigenvalue weighted by atomic mass is 19.2. The van der Waals surface area contributed by atoms with Crippen LogP contribution in [0.5, 0.6) is 0 Å². The van der Waals surface area contributed by atoms with Gasteiger partial charge in [-0.25, -0.2) is 18.6 Å². The van der Waals surface area contributed by atoms with Gasteiger partial charge in [0.05, 0.1) is 17.6 Å². The van der Waals surface area contributed by atoms with Crippen LogP contribution in [0.25, 0.3) is 11.0 Å². The molecule has 1 fully saturated rings. The second kappa shape index (κ2) is 7.02. The number of aromatic amines is 1. The molecule has 1 amide bonds. The number of carbonyl (C=O) groups excluding carboxylic acids is 1. The molecular weight excluding hydrogens is 318 g/mol. The molecule has 0 aliphatic carbocycles. The largest absolute Gasteiger partial charge is 0.450 e. The Labute approximate surface area is 138 Å². The summed E-state index contributed by atoms with van der Waals surface area (Å²) in [5, 5.41) is 3.25. The molecule has 0 bridgehead atoms. The van der Waals surface area contributed by atoms with E-state index in [2.05, 4.69) is 15.3 Å². The number of hydrogen-bond acceptors (Lipinski definition) is 4. The van der Waals surface area contributed by atoms with E-state index in [9.17, 15) is 13.6 Å². The standard InChI is InChI=1S/C16H20F2N4O2/c1-2-24-16(23)22-6-3-4-10(5-7-22)19-15-20-13-8-11(17)12(18)9-14(13)21-15/h8-10H,2-7H2,1H3,(H2,19,20,21). The van der Waals surface area contributed by atoms with Crippen molar-refractivity contribution in [3.63, 3.8) is 0 Å². The van der Waals surface area contributed by atoms with Gasteiger partial charge in [-0.05, 0) is 26.2 Å². The lowest BCUT2D eigenvalue weighted by atomic mass is 10.1. The number of carbonyl (C=O) groups is 1. The number of hydrogen-bond donors (Lipinski definition) is 2. The first-order valence-corrected chi connectivity index (χ1v) is 8.10. The van der Waals surface area contributed by atoms with Crippen LogP contribution in [0.3, 0.4) is 0 Å². The van der Waals surface area contributed by atoms with Crippen LogP contribution in [0.2, 0.25) is 0 Å². The summed E-state index contributed by atoms with van der Waals surface area (Å²) in [6.45, 7) is 3.41. The molecule has 3 rings (SSSR count). The number of benzene rings is 1. The Morgan fingerprint density at radius 3 is 2.96 bits per heavy atom. The van der Waals surface area contributed by atoms with E-state index in [1.165, 1.54) is 0 Å². The monoisotopic (exact) mass is 338 g/mol. The average Bonchev–Trinajstić information content (AvgIpc) is 2.77. The first-order chi connectivity index (χ1) is 11.6. The second-order valence-corrected chi connectivity index (χ2v) is 5.83. The van der Waals surface area contributed by atoms with Crippen LogP contribution in [0, 0.1) is 11.6 Å². The Kier molecular flexibility index (Phi) is 4.82. The minimum Gasteiger partial charge on any atom is -0.450 e. The van der Waals surface area contributed by atoms with E-state index >= 15 is 0 Å². The number of fused-ring (bicyclic) bond motifs is 1. The maximum absolute atomic E-state index is 13.3. The number of rotatable bonds is 3. The van der Waals surface area contributed by atoms with Crippen LogP contribution < -0.4 is 5.32 Å². The minimum absolute atomic E-state index is 0.125. The van der Waals surface area contributed by atoms with Gasteiger partial charge in [0.1, 0.15) is 0 Å². The molecule has 1 unspecified atom stereocenters. The molecule has 130 valence electrons. The van der Waals surface area contributed by atoms with Gasteiger partial charge in [-0.3, -0.25) is 0 Å². The van der Waals surface area contributed by atoms with Crippen molar-refractivity contribution in [1.82, 2.24) is 14.9 Å². The molecule has 1 saturated heterocycles. The third kappa shape index (κ3) is 3.58. The van der Waals surface area contributed by atoms with E-state index in [1.54, 1.807) is 11.8 Å². The van der Waals surface area contributed by atoms with Crippen LogP contribution in [0.4, 0.5) is 19.5 Å². The van der Waals surface area contributed by atoms with E-state index in [1.807, 2.05) is 0 Å². The van der Waals surface area contributed by atoms with E-state index in [0.717, 1.165) is 31.4 Å². The summed E-state index contributed by atoms with van der Waals surface area (Å²) in [6, 6.07) is 2.29. The zero-order chi connectivity index (χ0) is 17.1. The fourth-order valence-electron chi connectivity index (χ4n) is 2.90. The van der Waals surface area contributed by atoms with Gasteiger partial charge in [-0.1, -0.05) is 0 Å². The van der Waals surface area contributed by atoms with Gasteiger partial charge in [0, 0.05) is 31.3 Å². The normalized spacial score (nSPS) is 18.5. The fourth-order valence-corrected chi connectivity index (χ4v) is 2.90. The van der Waals surface area contributed by atoms with Crippen molar-refractivity contribution in [2.24, 2.45) is 0 Å². The molecule has 2 heterocycles. The van der Waals surface area contributed by atoms with Gasteiger partial charge in [0.25, 0.3) is 0 Å². The lowest BCUT2D eigenvalue weighted by molar-refractivity contribution is 0.108. The summed E-state index contributed by atoms with van der Waals surface area (Å²) >= 11 is 0. The fraction of sp³-hybridized carbons (Fsp3) is 0.500. The number of ether oxygens (including phenoxy) is 1. The summed E-state index contributed by atoms with van der Waals surface area (Å²) in [4.78, 5) is 20.7. The molecule has 0 saturated carbocycles. The number of anilines is 1. The number of nitrogens with zero attached hydrogens (tertiary/aromatic N) is 2. The lowest BCUT2D eigenvalue weighted by Crippen LogP contribution is -2.33. The molecule has 24 heavy (non-hydrogen) atoms. The van der Waals surface area contributed by atoms with Crippen LogP contribution in [-0.2, 0) is 4.74 Å². The van der Waals surface area contributed by atoms with Gasteiger partial charge in [-0.2, -0.15) is 0 Å². The quantitative estimate of drug-likeness (QED) is 0.901. The highest BCUT2D eigenvalue weighted by Gasteiger charge is 2.22. The number of halogens is 2. The van der Waals surface area contributed by atoms with Crippen molar-refractivity contribution >= 4 is 23.1 Å². The third-order valence-electron chi connectivity index (χ3n) is 4.12. The van der Waals surface area contributed by atoms with Crippen molar-refractivity contribution in [3.05, 3.63) is 23.8 Å². The highest BCUT2D eigenvalue weighted by molar-refractivity contribution is 5.77. The Morgan fingerprint density at radius 2 is 2.17 bits per heavy atom. The van der Waals surface area contributed by atoms with E-state index in [-0.39, 0.29) is 12.1 Å². The summed E-state index contributed by atoms with van der Waals surface area (Å²) in [7, 11) is 0. The molecule has 1 aromatic carbocycles. The van der Waals surface area contributed by atoms with E-state index in [0.29, 0.717) is 36.7 Å². The van der Waals surface area contributed by atoms with Crippen molar-refractivity contribution in [2.45, 2.75) is 32.2 Å². The number of imidazole rings is 1. The molecule has 1 aromatic heterocycles. The Morgan fingerprint density at radius 1 is 1.38 bits per heavy atom. The van der Waals surface area contributed by atoms with Gasteiger partial charge < -0.3 is 19.9 Å². The van der Waals surface area contributed by atoms with Crippen LogP contribution in [-0.4, -0.2) is 46.7 Å². The van der Waals surface area contributed by atoms with Crippen LogP contribution in [0.15, 0.2) is 12.1 Å². The maximum atomic E-state index is 13.3. The molecule has 1 atom stereocenters. The molecule has 0 radical (unpaired) electrons. The van der Waals surface area contributed by atoms with Crippen LogP contribution in [0.1, 0.15) is 26.2 Å². The number of nitrogens with one attached hydrogen (secondary N) is 2. The Bertz CT molecular complexity index is 695. The molecule has 0 spiro atoms. The van der Waals surface area contributed by atoms with Gasteiger partial charge in [0.15, 0.2) is 11.6 Å². The van der Waals surface area contributed by atoms with Gasteiger partial charge in [-0.15, -0.1) is 0 Å². The molecule has 2 N–H and O–H groups in total. The average molecular weight is 338 g/mol. The zero-order valence-corrected chi connectivity index (χ0v) is 13.4. The molecular formula is C16H20F2N4O2. The molecule has 1 aliphatic heterocycles. The predicted octanol–water partition coefficient (Wildman–Crippen LogP) is 3.26. The van der Waals surface area contributed by atoms with Gasteiger partial charge in [0.2, 0.25) is 5.95 Å². The molecule has 8 heteroatoms. The first-order valence-electron chi connectivity index (χ1n) is 8.10. The van der Waals surface area contributed by atoms with Crippen molar-refractivity contribution < 1.29 is 18.3 Å². The number of likely N-dealkylation sites (tertiary alicyclic amines) is 1. The summed E-state index contributed by atoms with van der Waals surface area (Å²) in [5.74, 6) is -1.35. The number of amides is 1. The highest BCUT2D eigenvalue weighted by Crippen LogP contribution is 2.21. The van der Waals surface area contributed by atoms with Gasteiger partial charge >= 0.3 is 6.09 Å². The predicted molar refractivity (Wildman–Crippen MR) is 85.9 cm³/mol. The van der Waals surface area contributed by atoms with E-state index < -0.39 is 11.6 Å². The number of H-pyrrole nitrogens is 1. The molecule has 1 aliphatic rings. The number of aromatic nitrogens is 2. The summed E-state index contributed by atoms with van der Waals surface area (Å²) < 4.78 is 31.5. The second-order valence-electron chi connectivity index (χ2n) is 5.83. The van der Waals surface area contributed by atoms with E-state index in [4.69, 9.17) is 4.74 Å². The first kappa shape index (κ1) is 16.5. The molecule has 2 aromatic rings. The summed E-state index contributed by atoms with van der Waals surface area (Å²) in [5.41, 5.74) is 0.816. The topological polar surface area (TPSA) is 70.2 Å². The zero-order valence-electron chi connectivity index (χ0n) is 13.4. The SMILES string of the molecule is CCOC(=O)N1CCCC(Nc2nc3cc(F)c(F)cc3[nH]2)CC1. The maximum Gasteiger partial charge on any atom is 0.409 e. The van der Waals surface area contributed by atoms with Crippen molar-refractivity contribution in [3.8, 4) is 0 Å². The third-order valence-corrected chi connectivity index (χ3v) is 4.12. The van der Waals surface area contributed by atoms with Crippen LogP contribution >= 0.6 is 0 Å². The lowest BCUT2D eigenvalue weighted by Gasteiger charge is -2.19.